The average molecular weight is 311 g/mol. The molecule has 0 bridgehead atoms. The fourth-order valence-electron chi connectivity index (χ4n) is 2.90. The molecule has 118 valence electrons. The van der Waals surface area contributed by atoms with Gasteiger partial charge in [-0.1, -0.05) is 12.1 Å². The van der Waals surface area contributed by atoms with Crippen LogP contribution < -0.4 is 19.5 Å². The zero-order valence-corrected chi connectivity index (χ0v) is 12.8. The second kappa shape index (κ2) is 5.50. The van der Waals surface area contributed by atoms with Crippen molar-refractivity contribution in [2.75, 3.05) is 12.1 Å². The van der Waals surface area contributed by atoms with E-state index in [2.05, 4.69) is 5.32 Å². The molecule has 1 unspecified atom stereocenters. The maximum atomic E-state index is 12.4. The van der Waals surface area contributed by atoms with Crippen molar-refractivity contribution in [1.82, 2.24) is 0 Å². The normalized spacial score (nSPS) is 18.0. The molecule has 1 N–H and O–H groups in total. The summed E-state index contributed by atoms with van der Waals surface area (Å²) in [6, 6.07) is 11.5. The molecule has 5 heteroatoms. The van der Waals surface area contributed by atoms with Gasteiger partial charge in [0.15, 0.2) is 17.6 Å². The SMILES string of the molecule is Cc1cccc(NC(=O)C2CCc3cc4c(cc3O2)OCO4)c1. The van der Waals surface area contributed by atoms with Gasteiger partial charge in [0, 0.05) is 11.8 Å². The second-order valence-electron chi connectivity index (χ2n) is 5.82. The lowest BCUT2D eigenvalue weighted by Gasteiger charge is -2.25. The Labute approximate surface area is 134 Å². The van der Waals surface area contributed by atoms with Crippen LogP contribution >= 0.6 is 0 Å². The van der Waals surface area contributed by atoms with Crippen LogP contribution in [-0.2, 0) is 11.2 Å². The Morgan fingerprint density at radius 1 is 1.13 bits per heavy atom. The summed E-state index contributed by atoms with van der Waals surface area (Å²) < 4.78 is 16.6. The highest BCUT2D eigenvalue weighted by molar-refractivity contribution is 5.94. The molecule has 2 aliphatic rings. The van der Waals surface area contributed by atoms with Gasteiger partial charge in [0.1, 0.15) is 5.75 Å². The number of amides is 1. The minimum atomic E-state index is -0.497. The molecule has 0 saturated carbocycles. The van der Waals surface area contributed by atoms with Gasteiger partial charge in [-0.25, -0.2) is 0 Å². The lowest BCUT2D eigenvalue weighted by molar-refractivity contribution is -0.123. The highest BCUT2D eigenvalue weighted by Crippen LogP contribution is 2.40. The van der Waals surface area contributed by atoms with Gasteiger partial charge in [0.2, 0.25) is 6.79 Å². The van der Waals surface area contributed by atoms with Crippen LogP contribution in [0.1, 0.15) is 17.5 Å². The topological polar surface area (TPSA) is 56.8 Å². The third-order valence-electron chi connectivity index (χ3n) is 4.08. The minimum absolute atomic E-state index is 0.126. The van der Waals surface area contributed by atoms with E-state index in [4.69, 9.17) is 14.2 Å². The van der Waals surface area contributed by atoms with Crippen molar-refractivity contribution < 1.29 is 19.0 Å². The summed E-state index contributed by atoms with van der Waals surface area (Å²) in [5.41, 5.74) is 2.94. The number of nitrogens with one attached hydrogen (secondary N) is 1. The number of anilines is 1. The molecule has 1 amide bonds. The van der Waals surface area contributed by atoms with E-state index in [9.17, 15) is 4.79 Å². The van der Waals surface area contributed by atoms with Gasteiger partial charge in [-0.15, -0.1) is 0 Å². The summed E-state index contributed by atoms with van der Waals surface area (Å²) in [4.78, 5) is 12.4. The van der Waals surface area contributed by atoms with Crippen molar-refractivity contribution in [3.05, 3.63) is 47.5 Å². The van der Waals surface area contributed by atoms with E-state index in [1.165, 1.54) is 0 Å². The van der Waals surface area contributed by atoms with Crippen molar-refractivity contribution in [3.63, 3.8) is 0 Å². The van der Waals surface area contributed by atoms with Crippen LogP contribution in [0.25, 0.3) is 0 Å². The number of aryl methyl sites for hydroxylation is 2. The first-order valence-corrected chi connectivity index (χ1v) is 7.66. The number of ether oxygens (including phenoxy) is 3. The Morgan fingerprint density at radius 2 is 1.96 bits per heavy atom. The fourth-order valence-corrected chi connectivity index (χ4v) is 2.90. The van der Waals surface area contributed by atoms with Gasteiger partial charge >= 0.3 is 0 Å². The quantitative estimate of drug-likeness (QED) is 0.926. The molecule has 4 rings (SSSR count). The first kappa shape index (κ1) is 13.9. The molecule has 1 atom stereocenters. The Bertz CT molecular complexity index is 772. The molecule has 0 aliphatic carbocycles. The number of carbonyl (C=O) groups excluding carboxylic acids is 1. The van der Waals surface area contributed by atoms with E-state index in [1.54, 1.807) is 0 Å². The molecule has 2 aromatic rings. The molecule has 2 aromatic carbocycles. The lowest BCUT2D eigenvalue weighted by Crippen LogP contribution is -2.35. The van der Waals surface area contributed by atoms with Crippen LogP contribution in [0.5, 0.6) is 17.2 Å². The largest absolute Gasteiger partial charge is 0.480 e. The molecule has 0 radical (unpaired) electrons. The highest BCUT2D eigenvalue weighted by atomic mass is 16.7. The van der Waals surface area contributed by atoms with Crippen molar-refractivity contribution in [3.8, 4) is 17.2 Å². The molecular formula is C18H17NO4. The molecule has 0 saturated heterocycles. The van der Waals surface area contributed by atoms with E-state index in [-0.39, 0.29) is 12.7 Å². The van der Waals surface area contributed by atoms with Crippen LogP contribution in [0.2, 0.25) is 0 Å². The molecule has 0 fully saturated rings. The lowest BCUT2D eigenvalue weighted by atomic mass is 10.0. The molecule has 2 aliphatic heterocycles. The number of rotatable bonds is 2. The van der Waals surface area contributed by atoms with E-state index in [0.717, 1.165) is 29.0 Å². The summed E-state index contributed by atoms with van der Waals surface area (Å²) >= 11 is 0. The summed E-state index contributed by atoms with van der Waals surface area (Å²) in [6.07, 6.45) is 0.922. The van der Waals surface area contributed by atoms with Crippen molar-refractivity contribution >= 4 is 11.6 Å². The van der Waals surface area contributed by atoms with Crippen molar-refractivity contribution in [2.24, 2.45) is 0 Å². The Hall–Kier alpha value is -2.69. The minimum Gasteiger partial charge on any atom is -0.480 e. The molecular weight excluding hydrogens is 294 g/mol. The summed E-state index contributed by atoms with van der Waals surface area (Å²) in [6.45, 7) is 2.22. The third kappa shape index (κ3) is 2.70. The summed E-state index contributed by atoms with van der Waals surface area (Å²) in [5, 5.41) is 2.92. The smallest absolute Gasteiger partial charge is 0.265 e. The van der Waals surface area contributed by atoms with Gasteiger partial charge in [-0.2, -0.15) is 0 Å². The number of hydrogen-bond acceptors (Lipinski definition) is 4. The number of carbonyl (C=O) groups is 1. The van der Waals surface area contributed by atoms with Gasteiger partial charge in [-0.05, 0) is 49.1 Å². The molecule has 23 heavy (non-hydrogen) atoms. The van der Waals surface area contributed by atoms with E-state index in [1.807, 2.05) is 43.3 Å². The maximum absolute atomic E-state index is 12.4. The van der Waals surface area contributed by atoms with Gasteiger partial charge in [0.05, 0.1) is 0 Å². The Morgan fingerprint density at radius 3 is 2.78 bits per heavy atom. The highest BCUT2D eigenvalue weighted by Gasteiger charge is 2.28. The number of hydrogen-bond donors (Lipinski definition) is 1. The molecule has 2 heterocycles. The second-order valence-corrected chi connectivity index (χ2v) is 5.82. The predicted octanol–water partition coefficient (Wildman–Crippen LogP) is 3.06. The van der Waals surface area contributed by atoms with E-state index in [0.29, 0.717) is 17.9 Å². The molecule has 5 nitrogen and oxygen atoms in total. The van der Waals surface area contributed by atoms with Gasteiger partial charge in [0.25, 0.3) is 5.91 Å². The summed E-state index contributed by atoms with van der Waals surface area (Å²) in [5.74, 6) is 1.99. The Balaban J connectivity index is 1.50. The van der Waals surface area contributed by atoms with E-state index >= 15 is 0 Å². The molecule has 0 spiro atoms. The summed E-state index contributed by atoms with van der Waals surface area (Å²) in [7, 11) is 0. The van der Waals surface area contributed by atoms with Crippen LogP contribution in [0.3, 0.4) is 0 Å². The van der Waals surface area contributed by atoms with Crippen LogP contribution in [0.15, 0.2) is 36.4 Å². The first-order valence-electron chi connectivity index (χ1n) is 7.66. The van der Waals surface area contributed by atoms with E-state index < -0.39 is 6.10 Å². The van der Waals surface area contributed by atoms with Crippen LogP contribution in [0, 0.1) is 6.92 Å². The van der Waals surface area contributed by atoms with Crippen molar-refractivity contribution in [1.29, 1.82) is 0 Å². The monoisotopic (exact) mass is 311 g/mol. The zero-order valence-electron chi connectivity index (χ0n) is 12.8. The van der Waals surface area contributed by atoms with Crippen molar-refractivity contribution in [2.45, 2.75) is 25.9 Å². The zero-order chi connectivity index (χ0) is 15.8. The first-order chi connectivity index (χ1) is 11.2. The maximum Gasteiger partial charge on any atom is 0.265 e. The average Bonchev–Trinajstić information content (AvgIpc) is 2.99. The fraction of sp³-hybridized carbons (Fsp3) is 0.278. The van der Waals surface area contributed by atoms with Crippen LogP contribution in [0.4, 0.5) is 5.69 Å². The molecule has 0 aromatic heterocycles. The Kier molecular flexibility index (Phi) is 3.33. The van der Waals surface area contributed by atoms with Gasteiger partial charge < -0.3 is 19.5 Å². The standard InChI is InChI=1S/C18H17NO4/c1-11-3-2-4-13(7-11)19-18(20)14-6-5-12-8-16-17(22-10-21-16)9-15(12)23-14/h2-4,7-9,14H,5-6,10H2,1H3,(H,19,20). The third-order valence-corrected chi connectivity index (χ3v) is 4.08. The predicted molar refractivity (Wildman–Crippen MR) is 85.1 cm³/mol. The number of fused-ring (bicyclic) bond motifs is 2. The van der Waals surface area contributed by atoms with Gasteiger partial charge in [-0.3, -0.25) is 4.79 Å². The number of benzene rings is 2. The van der Waals surface area contributed by atoms with Crippen LogP contribution in [-0.4, -0.2) is 18.8 Å².